The predicted octanol–water partition coefficient (Wildman–Crippen LogP) is 2.08. The zero-order valence-electron chi connectivity index (χ0n) is 13.9. The third-order valence-corrected chi connectivity index (χ3v) is 6.16. The lowest BCUT2D eigenvalue weighted by Gasteiger charge is -2.35. The van der Waals surface area contributed by atoms with E-state index < -0.39 is 10.0 Å². The normalized spacial score (nSPS) is 15.6. The van der Waals surface area contributed by atoms with Crippen molar-refractivity contribution in [3.8, 4) is 11.8 Å². The summed E-state index contributed by atoms with van der Waals surface area (Å²) in [6.07, 6.45) is 0. The van der Waals surface area contributed by atoms with Crippen LogP contribution in [0.25, 0.3) is 0 Å². The van der Waals surface area contributed by atoms with Crippen molar-refractivity contribution in [2.24, 2.45) is 0 Å². The molecule has 0 aromatic heterocycles. The lowest BCUT2D eigenvalue weighted by atomic mass is 10.2. The number of benzene rings is 2. The summed E-state index contributed by atoms with van der Waals surface area (Å²) in [7, 11) is -1.96. The highest BCUT2D eigenvalue weighted by Gasteiger charge is 2.29. The largest absolute Gasteiger partial charge is 0.495 e. The molecule has 0 atom stereocenters. The van der Waals surface area contributed by atoms with Gasteiger partial charge in [-0.25, -0.2) is 8.42 Å². The number of nitriles is 1. The monoisotopic (exact) mass is 357 g/mol. The summed E-state index contributed by atoms with van der Waals surface area (Å²) in [6, 6.07) is 15.8. The molecule has 130 valence electrons. The first kappa shape index (κ1) is 17.3. The maximum absolute atomic E-state index is 12.8. The zero-order chi connectivity index (χ0) is 17.9. The van der Waals surface area contributed by atoms with Gasteiger partial charge in [-0.15, -0.1) is 0 Å². The van der Waals surface area contributed by atoms with E-state index in [0.717, 1.165) is 11.4 Å². The number of hydrogen-bond donors (Lipinski definition) is 0. The first-order chi connectivity index (χ1) is 12.1. The van der Waals surface area contributed by atoms with Crippen LogP contribution in [-0.4, -0.2) is 46.0 Å². The standard InChI is InChI=1S/C18H19N3O3S/c1-24-18-8-3-2-7-17(18)20-9-11-21(12-10-20)25(22,23)16-6-4-5-15(13-16)14-19/h2-8,13H,9-12H2,1H3. The van der Waals surface area contributed by atoms with E-state index in [1.165, 1.54) is 16.4 Å². The van der Waals surface area contributed by atoms with Gasteiger partial charge in [0.2, 0.25) is 10.0 Å². The fraction of sp³-hybridized carbons (Fsp3) is 0.278. The van der Waals surface area contributed by atoms with Crippen LogP contribution in [-0.2, 0) is 10.0 Å². The number of piperazine rings is 1. The van der Waals surface area contributed by atoms with Gasteiger partial charge in [0.1, 0.15) is 5.75 Å². The molecule has 2 aromatic carbocycles. The van der Waals surface area contributed by atoms with E-state index in [2.05, 4.69) is 4.90 Å². The van der Waals surface area contributed by atoms with E-state index in [1.807, 2.05) is 30.3 Å². The molecule has 0 radical (unpaired) electrons. The highest BCUT2D eigenvalue weighted by molar-refractivity contribution is 7.89. The molecule has 6 nitrogen and oxygen atoms in total. The lowest BCUT2D eigenvalue weighted by molar-refractivity contribution is 0.378. The van der Waals surface area contributed by atoms with Gasteiger partial charge in [-0.05, 0) is 30.3 Å². The van der Waals surface area contributed by atoms with Crippen molar-refractivity contribution in [2.45, 2.75) is 4.90 Å². The Morgan fingerprint density at radius 3 is 2.44 bits per heavy atom. The Hall–Kier alpha value is -2.56. The molecule has 0 saturated carbocycles. The van der Waals surface area contributed by atoms with Crippen LogP contribution < -0.4 is 9.64 Å². The average molecular weight is 357 g/mol. The van der Waals surface area contributed by atoms with Gasteiger partial charge in [-0.3, -0.25) is 0 Å². The second-order valence-corrected chi connectivity index (χ2v) is 7.64. The first-order valence-electron chi connectivity index (χ1n) is 7.94. The van der Waals surface area contributed by atoms with Crippen LogP contribution in [0.15, 0.2) is 53.4 Å². The Kier molecular flexibility index (Phi) is 4.93. The van der Waals surface area contributed by atoms with Crippen LogP contribution >= 0.6 is 0 Å². The predicted molar refractivity (Wildman–Crippen MR) is 95.1 cm³/mol. The molecule has 0 N–H and O–H groups in total. The van der Waals surface area contributed by atoms with Crippen molar-refractivity contribution in [2.75, 3.05) is 38.2 Å². The van der Waals surface area contributed by atoms with Crippen LogP contribution in [0.2, 0.25) is 0 Å². The Bertz CT molecular complexity index is 898. The van der Waals surface area contributed by atoms with Crippen molar-refractivity contribution >= 4 is 15.7 Å². The smallest absolute Gasteiger partial charge is 0.243 e. The van der Waals surface area contributed by atoms with E-state index in [0.29, 0.717) is 31.7 Å². The van der Waals surface area contributed by atoms with E-state index in [4.69, 9.17) is 10.00 Å². The molecule has 0 unspecified atom stereocenters. The second-order valence-electron chi connectivity index (χ2n) is 5.70. The van der Waals surface area contributed by atoms with Crippen molar-refractivity contribution in [3.63, 3.8) is 0 Å². The van der Waals surface area contributed by atoms with Gasteiger partial charge in [0.25, 0.3) is 0 Å². The zero-order valence-corrected chi connectivity index (χ0v) is 14.7. The molecule has 25 heavy (non-hydrogen) atoms. The van der Waals surface area contributed by atoms with Crippen LogP contribution in [0, 0.1) is 11.3 Å². The van der Waals surface area contributed by atoms with E-state index in [9.17, 15) is 8.42 Å². The summed E-state index contributed by atoms with van der Waals surface area (Å²) in [6.45, 7) is 1.93. The molecule has 0 amide bonds. The third-order valence-electron chi connectivity index (χ3n) is 4.27. The van der Waals surface area contributed by atoms with Crippen molar-refractivity contribution < 1.29 is 13.2 Å². The topological polar surface area (TPSA) is 73.6 Å². The van der Waals surface area contributed by atoms with Gasteiger partial charge in [0.15, 0.2) is 0 Å². The number of rotatable bonds is 4. The number of ether oxygens (including phenoxy) is 1. The summed E-state index contributed by atoms with van der Waals surface area (Å²) in [5.74, 6) is 0.778. The quantitative estimate of drug-likeness (QED) is 0.838. The number of sulfonamides is 1. The Balaban J connectivity index is 1.76. The number of nitrogens with zero attached hydrogens (tertiary/aromatic N) is 3. The highest BCUT2D eigenvalue weighted by atomic mass is 32.2. The van der Waals surface area contributed by atoms with Gasteiger partial charge >= 0.3 is 0 Å². The van der Waals surface area contributed by atoms with Crippen molar-refractivity contribution in [1.82, 2.24) is 4.31 Å². The first-order valence-corrected chi connectivity index (χ1v) is 9.38. The Labute approximate surface area is 147 Å². The third kappa shape index (κ3) is 3.45. The molecular formula is C18H19N3O3S. The van der Waals surface area contributed by atoms with E-state index in [-0.39, 0.29) is 4.90 Å². The molecule has 0 spiro atoms. The summed E-state index contributed by atoms with van der Waals surface area (Å²) in [5, 5.41) is 8.97. The highest BCUT2D eigenvalue weighted by Crippen LogP contribution is 2.29. The number of methoxy groups -OCH3 is 1. The van der Waals surface area contributed by atoms with Crippen LogP contribution in [0.3, 0.4) is 0 Å². The van der Waals surface area contributed by atoms with E-state index >= 15 is 0 Å². The fourth-order valence-electron chi connectivity index (χ4n) is 2.94. The molecule has 1 aliphatic rings. The van der Waals surface area contributed by atoms with Gasteiger partial charge in [0, 0.05) is 26.2 Å². The fourth-order valence-corrected chi connectivity index (χ4v) is 4.40. The number of anilines is 1. The Morgan fingerprint density at radius 1 is 1.04 bits per heavy atom. The summed E-state index contributed by atoms with van der Waals surface area (Å²) in [4.78, 5) is 2.29. The van der Waals surface area contributed by atoms with Crippen molar-refractivity contribution in [3.05, 3.63) is 54.1 Å². The van der Waals surface area contributed by atoms with Crippen LogP contribution in [0.4, 0.5) is 5.69 Å². The van der Waals surface area contributed by atoms with Crippen molar-refractivity contribution in [1.29, 1.82) is 5.26 Å². The maximum atomic E-state index is 12.8. The van der Waals surface area contributed by atoms with Crippen LogP contribution in [0.5, 0.6) is 5.75 Å². The number of para-hydroxylation sites is 2. The SMILES string of the molecule is COc1ccccc1N1CCN(S(=O)(=O)c2cccc(C#N)c2)CC1. The minimum absolute atomic E-state index is 0.164. The summed E-state index contributed by atoms with van der Waals surface area (Å²) in [5.41, 5.74) is 1.31. The number of hydrogen-bond acceptors (Lipinski definition) is 5. The molecule has 2 aromatic rings. The summed E-state index contributed by atoms with van der Waals surface area (Å²) >= 11 is 0. The molecule has 7 heteroatoms. The Morgan fingerprint density at radius 2 is 1.76 bits per heavy atom. The van der Waals surface area contributed by atoms with E-state index in [1.54, 1.807) is 19.2 Å². The molecule has 3 rings (SSSR count). The van der Waals surface area contributed by atoms with Crippen LogP contribution in [0.1, 0.15) is 5.56 Å². The van der Waals surface area contributed by atoms with Gasteiger partial charge in [0.05, 0.1) is 29.3 Å². The van der Waals surface area contributed by atoms with Gasteiger partial charge in [-0.2, -0.15) is 9.57 Å². The summed E-state index contributed by atoms with van der Waals surface area (Å²) < 4.78 is 32.4. The minimum atomic E-state index is -3.59. The maximum Gasteiger partial charge on any atom is 0.243 e. The molecular weight excluding hydrogens is 338 g/mol. The second kappa shape index (κ2) is 7.13. The lowest BCUT2D eigenvalue weighted by Crippen LogP contribution is -2.48. The van der Waals surface area contributed by atoms with Gasteiger partial charge < -0.3 is 9.64 Å². The molecule has 0 bridgehead atoms. The molecule has 1 heterocycles. The molecule has 1 aliphatic heterocycles. The minimum Gasteiger partial charge on any atom is -0.495 e. The average Bonchev–Trinajstić information content (AvgIpc) is 2.68. The van der Waals surface area contributed by atoms with Gasteiger partial charge in [-0.1, -0.05) is 18.2 Å². The molecule has 0 aliphatic carbocycles. The molecule has 1 saturated heterocycles. The molecule has 1 fully saturated rings.